The fraction of sp³-hybridized carbons (Fsp3) is 0.238. The van der Waals surface area contributed by atoms with Gasteiger partial charge in [-0.25, -0.2) is 4.68 Å². The van der Waals surface area contributed by atoms with Gasteiger partial charge in [-0.1, -0.05) is 53.0 Å². The Morgan fingerprint density at radius 1 is 1.07 bits per heavy atom. The lowest BCUT2D eigenvalue weighted by Crippen LogP contribution is -2.28. The van der Waals surface area contributed by atoms with Gasteiger partial charge in [0.1, 0.15) is 17.5 Å². The highest BCUT2D eigenvalue weighted by molar-refractivity contribution is 6.33. The van der Waals surface area contributed by atoms with E-state index in [9.17, 15) is 4.79 Å². The van der Waals surface area contributed by atoms with Gasteiger partial charge in [-0.05, 0) is 43.7 Å². The Morgan fingerprint density at radius 3 is 2.43 bits per heavy atom. The summed E-state index contributed by atoms with van der Waals surface area (Å²) in [5, 5.41) is 8.21. The van der Waals surface area contributed by atoms with Crippen molar-refractivity contribution in [2.75, 3.05) is 13.2 Å². The molecule has 1 N–H and O–H groups in total. The number of carbonyl (C=O) groups excluding carboxylic acids is 1. The molecule has 0 saturated carbocycles. The van der Waals surface area contributed by atoms with Gasteiger partial charge in [0, 0.05) is 5.02 Å². The number of amides is 1. The van der Waals surface area contributed by atoms with Gasteiger partial charge in [-0.2, -0.15) is 5.10 Å². The number of ether oxygens (including phenoxy) is 1. The molecule has 0 unspecified atom stereocenters. The van der Waals surface area contributed by atoms with Crippen molar-refractivity contribution in [1.29, 1.82) is 0 Å². The van der Waals surface area contributed by atoms with Crippen LogP contribution in [0.3, 0.4) is 0 Å². The SMILES string of the molecule is Cc1ccc(Cn2nc(C)c(C(=O)NCCOc3ccc(Cl)cc3)c2Cl)cc1. The number of aromatic nitrogens is 2. The summed E-state index contributed by atoms with van der Waals surface area (Å²) in [7, 11) is 0. The molecule has 0 aliphatic carbocycles. The molecule has 0 atom stereocenters. The van der Waals surface area contributed by atoms with E-state index >= 15 is 0 Å². The molecule has 28 heavy (non-hydrogen) atoms. The van der Waals surface area contributed by atoms with Gasteiger partial charge in [0.15, 0.2) is 0 Å². The van der Waals surface area contributed by atoms with Crippen molar-refractivity contribution in [1.82, 2.24) is 15.1 Å². The van der Waals surface area contributed by atoms with Crippen LogP contribution in [-0.4, -0.2) is 28.8 Å². The lowest BCUT2D eigenvalue weighted by molar-refractivity contribution is 0.0946. The molecular formula is C21H21Cl2N3O2. The number of carbonyl (C=O) groups is 1. The minimum absolute atomic E-state index is 0.266. The molecule has 146 valence electrons. The summed E-state index contributed by atoms with van der Waals surface area (Å²) < 4.78 is 7.21. The second-order valence-corrected chi connectivity index (χ2v) is 7.25. The molecule has 0 aliphatic heterocycles. The number of hydrogen-bond donors (Lipinski definition) is 1. The molecule has 1 heterocycles. The minimum Gasteiger partial charge on any atom is -0.492 e. The first-order chi connectivity index (χ1) is 13.4. The predicted octanol–water partition coefficient (Wildman–Crippen LogP) is 4.66. The van der Waals surface area contributed by atoms with Crippen LogP contribution in [0, 0.1) is 13.8 Å². The van der Waals surface area contributed by atoms with Crippen molar-refractivity contribution >= 4 is 29.1 Å². The van der Waals surface area contributed by atoms with E-state index in [-0.39, 0.29) is 5.91 Å². The van der Waals surface area contributed by atoms with E-state index in [0.717, 1.165) is 5.56 Å². The first-order valence-electron chi connectivity index (χ1n) is 8.89. The average Bonchev–Trinajstić information content (AvgIpc) is 2.95. The summed E-state index contributed by atoms with van der Waals surface area (Å²) in [5.74, 6) is 0.427. The summed E-state index contributed by atoms with van der Waals surface area (Å²) >= 11 is 12.3. The van der Waals surface area contributed by atoms with Gasteiger partial charge in [0.25, 0.3) is 5.91 Å². The van der Waals surface area contributed by atoms with Gasteiger partial charge >= 0.3 is 0 Å². The molecule has 1 amide bonds. The van der Waals surface area contributed by atoms with Gasteiger partial charge in [0.05, 0.1) is 24.3 Å². The van der Waals surface area contributed by atoms with Crippen LogP contribution in [0.15, 0.2) is 48.5 Å². The molecular weight excluding hydrogens is 397 g/mol. The number of nitrogens with zero attached hydrogens (tertiary/aromatic N) is 2. The van der Waals surface area contributed by atoms with Crippen LogP contribution in [0.2, 0.25) is 10.2 Å². The zero-order valence-electron chi connectivity index (χ0n) is 15.7. The van der Waals surface area contributed by atoms with Gasteiger partial charge in [0.2, 0.25) is 0 Å². The Labute approximate surface area is 174 Å². The molecule has 3 aromatic rings. The third kappa shape index (κ3) is 5.06. The second kappa shape index (κ2) is 9.13. The largest absolute Gasteiger partial charge is 0.492 e. The van der Waals surface area contributed by atoms with E-state index in [1.165, 1.54) is 5.56 Å². The summed E-state index contributed by atoms with van der Waals surface area (Å²) in [6.45, 7) is 5.00. The van der Waals surface area contributed by atoms with E-state index in [4.69, 9.17) is 27.9 Å². The van der Waals surface area contributed by atoms with Crippen LogP contribution < -0.4 is 10.1 Å². The molecule has 5 nitrogen and oxygen atoms in total. The van der Waals surface area contributed by atoms with Crippen molar-refractivity contribution in [3.8, 4) is 5.75 Å². The van der Waals surface area contributed by atoms with Crippen molar-refractivity contribution in [3.05, 3.63) is 81.1 Å². The highest BCUT2D eigenvalue weighted by Crippen LogP contribution is 2.21. The van der Waals surface area contributed by atoms with E-state index in [1.54, 1.807) is 35.9 Å². The Kier molecular flexibility index (Phi) is 6.60. The number of nitrogens with one attached hydrogen (secondary N) is 1. The Morgan fingerprint density at radius 2 is 1.75 bits per heavy atom. The van der Waals surface area contributed by atoms with Crippen LogP contribution in [0.4, 0.5) is 0 Å². The van der Waals surface area contributed by atoms with E-state index in [2.05, 4.69) is 10.4 Å². The molecule has 2 aromatic carbocycles. The summed E-state index contributed by atoms with van der Waals surface area (Å²) in [6.07, 6.45) is 0. The van der Waals surface area contributed by atoms with Crippen LogP contribution in [-0.2, 0) is 6.54 Å². The summed E-state index contributed by atoms with van der Waals surface area (Å²) in [6, 6.07) is 15.2. The predicted molar refractivity (Wildman–Crippen MR) is 112 cm³/mol. The third-order valence-corrected chi connectivity index (χ3v) is 4.85. The number of hydrogen-bond acceptors (Lipinski definition) is 3. The zero-order valence-corrected chi connectivity index (χ0v) is 17.2. The maximum Gasteiger partial charge on any atom is 0.256 e. The van der Waals surface area contributed by atoms with Crippen molar-refractivity contribution in [2.45, 2.75) is 20.4 Å². The highest BCUT2D eigenvalue weighted by atomic mass is 35.5. The molecule has 7 heteroatoms. The first kappa shape index (κ1) is 20.2. The fourth-order valence-corrected chi connectivity index (χ4v) is 3.18. The normalized spacial score (nSPS) is 10.7. The molecule has 0 bridgehead atoms. The molecule has 1 aromatic heterocycles. The topological polar surface area (TPSA) is 56.2 Å². The van der Waals surface area contributed by atoms with Crippen molar-refractivity contribution in [2.24, 2.45) is 0 Å². The molecule has 0 fully saturated rings. The van der Waals surface area contributed by atoms with Crippen molar-refractivity contribution < 1.29 is 9.53 Å². The smallest absolute Gasteiger partial charge is 0.256 e. The zero-order chi connectivity index (χ0) is 20.1. The molecule has 0 radical (unpaired) electrons. The van der Waals surface area contributed by atoms with Gasteiger partial charge in [-0.3, -0.25) is 4.79 Å². The minimum atomic E-state index is -0.266. The quantitative estimate of drug-likeness (QED) is 0.568. The van der Waals surface area contributed by atoms with Crippen molar-refractivity contribution in [3.63, 3.8) is 0 Å². The third-order valence-electron chi connectivity index (χ3n) is 4.22. The lowest BCUT2D eigenvalue weighted by atomic mass is 10.1. The second-order valence-electron chi connectivity index (χ2n) is 6.45. The molecule has 0 saturated heterocycles. The maximum absolute atomic E-state index is 12.5. The Balaban J connectivity index is 1.58. The van der Waals surface area contributed by atoms with Crippen LogP contribution in [0.5, 0.6) is 5.75 Å². The maximum atomic E-state index is 12.5. The number of rotatable bonds is 7. The molecule has 3 rings (SSSR count). The monoisotopic (exact) mass is 417 g/mol. The fourth-order valence-electron chi connectivity index (χ4n) is 2.74. The first-order valence-corrected chi connectivity index (χ1v) is 9.64. The highest BCUT2D eigenvalue weighted by Gasteiger charge is 2.20. The van der Waals surface area contributed by atoms with E-state index < -0.39 is 0 Å². The Bertz CT molecular complexity index is 951. The van der Waals surface area contributed by atoms with Gasteiger partial charge in [-0.15, -0.1) is 0 Å². The van der Waals surface area contributed by atoms with Crippen LogP contribution >= 0.6 is 23.2 Å². The number of halogens is 2. The standard InChI is InChI=1S/C21H21Cl2N3O2/c1-14-3-5-16(6-4-14)13-26-20(23)19(15(2)25-26)21(27)24-11-12-28-18-9-7-17(22)8-10-18/h3-10H,11-13H2,1-2H3,(H,24,27). The lowest BCUT2D eigenvalue weighted by Gasteiger charge is -2.08. The summed E-state index contributed by atoms with van der Waals surface area (Å²) in [5.41, 5.74) is 3.24. The average molecular weight is 418 g/mol. The summed E-state index contributed by atoms with van der Waals surface area (Å²) in [4.78, 5) is 12.5. The molecule has 0 aliphatic rings. The van der Waals surface area contributed by atoms with Gasteiger partial charge < -0.3 is 10.1 Å². The van der Waals surface area contributed by atoms with Crippen LogP contribution in [0.25, 0.3) is 0 Å². The Hall–Kier alpha value is -2.50. The van der Waals surface area contributed by atoms with E-state index in [1.807, 2.05) is 31.2 Å². The van der Waals surface area contributed by atoms with Crippen LogP contribution in [0.1, 0.15) is 27.2 Å². The molecule has 0 spiro atoms. The van der Waals surface area contributed by atoms with E-state index in [0.29, 0.717) is 46.9 Å². The number of benzene rings is 2. The number of aryl methyl sites for hydroxylation is 2.